The average Bonchev–Trinajstić information content (AvgIpc) is 2.87. The van der Waals surface area contributed by atoms with Crippen molar-refractivity contribution in [1.29, 1.82) is 0 Å². The summed E-state index contributed by atoms with van der Waals surface area (Å²) in [6.45, 7) is 0. The van der Waals surface area contributed by atoms with Crippen molar-refractivity contribution >= 4 is 50.9 Å². The Hall–Kier alpha value is -2.38. The van der Waals surface area contributed by atoms with E-state index in [9.17, 15) is 14.4 Å². The number of hydrogen-bond acceptors (Lipinski definition) is 5. The predicted molar refractivity (Wildman–Crippen MR) is 94.6 cm³/mol. The smallest absolute Gasteiger partial charge is 0.344 e. The maximum absolute atomic E-state index is 12.1. The van der Waals surface area contributed by atoms with Gasteiger partial charge in [0.15, 0.2) is 0 Å². The molecule has 0 unspecified atom stereocenters. The molecule has 2 aromatic rings. The number of ether oxygens (including phenoxy) is 1. The van der Waals surface area contributed by atoms with Gasteiger partial charge in [-0.1, -0.05) is 24.3 Å². The van der Waals surface area contributed by atoms with Crippen LogP contribution in [0.1, 0.15) is 15.9 Å². The number of esters is 1. The lowest BCUT2D eigenvalue weighted by Crippen LogP contribution is -2.17. The quantitative estimate of drug-likeness (QED) is 0.476. The minimum Gasteiger partial charge on any atom is -0.423 e. The fourth-order valence-electron chi connectivity index (χ4n) is 1.99. The van der Waals surface area contributed by atoms with Gasteiger partial charge in [0.1, 0.15) is 5.75 Å². The van der Waals surface area contributed by atoms with Gasteiger partial charge >= 0.3 is 5.97 Å². The normalized spacial score (nSPS) is 15.5. The van der Waals surface area contributed by atoms with Crippen molar-refractivity contribution in [2.75, 3.05) is 0 Å². The Kier molecular flexibility index (Phi) is 4.82. The molecular weight excluding hydrogens is 394 g/mol. The second-order valence-electron chi connectivity index (χ2n) is 4.79. The van der Waals surface area contributed by atoms with Crippen LogP contribution in [0.4, 0.5) is 4.79 Å². The van der Waals surface area contributed by atoms with E-state index in [0.29, 0.717) is 20.7 Å². The van der Waals surface area contributed by atoms with Gasteiger partial charge in [0.25, 0.3) is 11.1 Å². The standard InChI is InChI=1S/C17H10BrNO4S/c18-13-4-2-1-3-12(13)16(21)23-11-7-5-10(6-8-11)9-14-15(20)19-17(22)24-14/h1-9H,(H,19,20,22)/b14-9+. The van der Waals surface area contributed by atoms with E-state index in [2.05, 4.69) is 21.2 Å². The number of amides is 2. The molecule has 120 valence electrons. The molecule has 0 spiro atoms. The molecule has 0 bridgehead atoms. The molecule has 1 saturated heterocycles. The molecule has 2 aromatic carbocycles. The minimum atomic E-state index is -0.468. The SMILES string of the molecule is O=C1NC(=O)/C(=C\c2ccc(OC(=O)c3ccccc3Br)cc2)S1. The van der Waals surface area contributed by atoms with E-state index in [1.165, 1.54) is 0 Å². The summed E-state index contributed by atoms with van der Waals surface area (Å²) in [4.78, 5) is 35.1. The number of halogens is 1. The first kappa shape index (κ1) is 16.5. The van der Waals surface area contributed by atoms with Crippen LogP contribution < -0.4 is 10.1 Å². The van der Waals surface area contributed by atoms with Crippen molar-refractivity contribution in [1.82, 2.24) is 5.32 Å². The Morgan fingerprint density at radius 2 is 1.79 bits per heavy atom. The zero-order chi connectivity index (χ0) is 17.1. The highest BCUT2D eigenvalue weighted by molar-refractivity contribution is 9.10. The zero-order valence-corrected chi connectivity index (χ0v) is 14.5. The third-order valence-electron chi connectivity index (χ3n) is 3.12. The second kappa shape index (κ2) is 7.02. The number of benzene rings is 2. The van der Waals surface area contributed by atoms with E-state index in [-0.39, 0.29) is 5.24 Å². The van der Waals surface area contributed by atoms with Gasteiger partial charge in [0.2, 0.25) is 0 Å². The lowest BCUT2D eigenvalue weighted by Gasteiger charge is -2.06. The molecule has 5 nitrogen and oxygen atoms in total. The van der Waals surface area contributed by atoms with Crippen LogP contribution in [0.15, 0.2) is 57.9 Å². The number of hydrogen-bond donors (Lipinski definition) is 1. The maximum Gasteiger partial charge on any atom is 0.344 e. The summed E-state index contributed by atoms with van der Waals surface area (Å²) in [5.74, 6) is -0.489. The van der Waals surface area contributed by atoms with Crippen molar-refractivity contribution in [3.05, 3.63) is 69.0 Å². The highest BCUT2D eigenvalue weighted by Crippen LogP contribution is 2.26. The van der Waals surface area contributed by atoms with Crippen LogP contribution in [-0.4, -0.2) is 17.1 Å². The fraction of sp³-hybridized carbons (Fsp3) is 0. The van der Waals surface area contributed by atoms with Crippen LogP contribution in [0.2, 0.25) is 0 Å². The molecular formula is C17H10BrNO4S. The number of nitrogens with one attached hydrogen (secondary N) is 1. The van der Waals surface area contributed by atoms with Crippen LogP contribution in [0.25, 0.3) is 6.08 Å². The molecule has 2 amide bonds. The summed E-state index contributed by atoms with van der Waals surface area (Å²) >= 11 is 4.16. The number of carbonyl (C=O) groups is 3. The molecule has 24 heavy (non-hydrogen) atoms. The molecule has 0 aromatic heterocycles. The lowest BCUT2D eigenvalue weighted by molar-refractivity contribution is -0.115. The zero-order valence-electron chi connectivity index (χ0n) is 12.1. The van der Waals surface area contributed by atoms with Crippen molar-refractivity contribution in [2.24, 2.45) is 0 Å². The molecule has 1 aliphatic rings. The molecule has 7 heteroatoms. The predicted octanol–water partition coefficient (Wildman–Crippen LogP) is 3.99. The van der Waals surface area contributed by atoms with Crippen LogP contribution in [-0.2, 0) is 4.79 Å². The van der Waals surface area contributed by atoms with E-state index < -0.39 is 11.9 Å². The van der Waals surface area contributed by atoms with Gasteiger partial charge in [-0.2, -0.15) is 0 Å². The van der Waals surface area contributed by atoms with Gasteiger partial charge < -0.3 is 4.74 Å². The van der Waals surface area contributed by atoms with E-state index >= 15 is 0 Å². The first-order valence-corrected chi connectivity index (χ1v) is 8.45. The molecule has 1 aliphatic heterocycles. The topological polar surface area (TPSA) is 72.5 Å². The van der Waals surface area contributed by atoms with Crippen LogP contribution in [0.5, 0.6) is 5.75 Å². The van der Waals surface area contributed by atoms with Crippen molar-refractivity contribution < 1.29 is 19.1 Å². The fourth-order valence-corrected chi connectivity index (χ4v) is 3.12. The van der Waals surface area contributed by atoms with E-state index in [1.807, 2.05) is 6.07 Å². The second-order valence-corrected chi connectivity index (χ2v) is 6.66. The molecule has 0 atom stereocenters. The van der Waals surface area contributed by atoms with Crippen molar-refractivity contribution in [3.8, 4) is 5.75 Å². The molecule has 0 radical (unpaired) electrons. The highest BCUT2D eigenvalue weighted by Gasteiger charge is 2.24. The number of rotatable bonds is 3. The van der Waals surface area contributed by atoms with Gasteiger partial charge in [-0.3, -0.25) is 14.9 Å². The van der Waals surface area contributed by atoms with Gasteiger partial charge in [-0.25, -0.2) is 4.79 Å². The summed E-state index contributed by atoms with van der Waals surface area (Å²) in [6.07, 6.45) is 1.60. The Balaban J connectivity index is 1.72. The maximum atomic E-state index is 12.1. The Labute approximate surface area is 150 Å². The Bertz CT molecular complexity index is 861. The van der Waals surface area contributed by atoms with Crippen molar-refractivity contribution in [2.45, 2.75) is 0 Å². The third-order valence-corrected chi connectivity index (χ3v) is 4.63. The summed E-state index contributed by atoms with van der Waals surface area (Å²) in [5, 5.41) is 1.81. The summed E-state index contributed by atoms with van der Waals surface area (Å²) in [7, 11) is 0. The van der Waals surface area contributed by atoms with E-state index in [0.717, 1.165) is 17.3 Å². The van der Waals surface area contributed by atoms with Crippen LogP contribution in [0.3, 0.4) is 0 Å². The van der Waals surface area contributed by atoms with Crippen LogP contribution >= 0.6 is 27.7 Å². The molecule has 3 rings (SSSR count). The number of imide groups is 1. The molecule has 1 N–H and O–H groups in total. The highest BCUT2D eigenvalue weighted by atomic mass is 79.9. The monoisotopic (exact) mass is 403 g/mol. The van der Waals surface area contributed by atoms with E-state index in [4.69, 9.17) is 4.74 Å². The molecule has 0 saturated carbocycles. The molecule has 1 heterocycles. The Morgan fingerprint density at radius 1 is 1.08 bits per heavy atom. The van der Waals surface area contributed by atoms with Crippen molar-refractivity contribution in [3.63, 3.8) is 0 Å². The Morgan fingerprint density at radius 3 is 2.42 bits per heavy atom. The third kappa shape index (κ3) is 3.74. The van der Waals surface area contributed by atoms with Gasteiger partial charge in [-0.15, -0.1) is 0 Å². The van der Waals surface area contributed by atoms with Gasteiger partial charge in [0, 0.05) is 4.47 Å². The lowest BCUT2D eigenvalue weighted by atomic mass is 10.2. The number of carbonyl (C=O) groups excluding carboxylic acids is 3. The summed E-state index contributed by atoms with van der Waals surface area (Å²) in [5.41, 5.74) is 1.16. The largest absolute Gasteiger partial charge is 0.423 e. The number of thioether (sulfide) groups is 1. The first-order valence-electron chi connectivity index (χ1n) is 6.84. The van der Waals surface area contributed by atoms with Gasteiger partial charge in [0.05, 0.1) is 10.5 Å². The summed E-state index contributed by atoms with van der Waals surface area (Å²) < 4.78 is 5.97. The molecule has 1 fully saturated rings. The minimum absolute atomic E-state index is 0.331. The molecule has 0 aliphatic carbocycles. The van der Waals surface area contributed by atoms with Gasteiger partial charge in [-0.05, 0) is 63.6 Å². The average molecular weight is 404 g/mol. The first-order chi connectivity index (χ1) is 11.5. The van der Waals surface area contributed by atoms with Crippen LogP contribution in [0, 0.1) is 0 Å². The van der Waals surface area contributed by atoms with E-state index in [1.54, 1.807) is 48.5 Å². The summed E-state index contributed by atoms with van der Waals surface area (Å²) in [6, 6.07) is 13.6.